The molecule has 2 heterocycles. The van der Waals surface area contributed by atoms with Gasteiger partial charge in [-0.15, -0.1) is 0 Å². The maximum absolute atomic E-state index is 10.7. The molecular formula is C16H14N4O3. The monoisotopic (exact) mass is 310 g/mol. The molecule has 116 valence electrons. The van der Waals surface area contributed by atoms with Gasteiger partial charge < -0.3 is 10.1 Å². The lowest BCUT2D eigenvalue weighted by Crippen LogP contribution is -1.96. The number of nitrogens with one attached hydrogen (secondary N) is 1. The van der Waals surface area contributed by atoms with E-state index in [9.17, 15) is 10.1 Å². The molecule has 0 aliphatic rings. The Morgan fingerprint density at radius 3 is 2.70 bits per heavy atom. The third-order valence-corrected chi connectivity index (χ3v) is 3.30. The molecule has 0 aliphatic heterocycles. The summed E-state index contributed by atoms with van der Waals surface area (Å²) in [6.07, 6.45) is 3.43. The second-order valence-electron chi connectivity index (χ2n) is 4.93. The fourth-order valence-corrected chi connectivity index (χ4v) is 2.24. The Kier molecular flexibility index (Phi) is 4.11. The van der Waals surface area contributed by atoms with E-state index in [0.29, 0.717) is 6.61 Å². The van der Waals surface area contributed by atoms with Crippen LogP contribution in [0.4, 0.5) is 17.1 Å². The molecule has 7 nitrogen and oxygen atoms in total. The lowest BCUT2D eigenvalue weighted by Gasteiger charge is -2.09. The number of pyridine rings is 2. The minimum absolute atomic E-state index is 0.0532. The first-order chi connectivity index (χ1) is 11.2. The Labute approximate surface area is 132 Å². The molecule has 0 unspecified atom stereocenters. The van der Waals surface area contributed by atoms with Gasteiger partial charge in [-0.25, -0.2) is 0 Å². The molecule has 0 atom stereocenters. The van der Waals surface area contributed by atoms with Crippen molar-refractivity contribution in [1.82, 2.24) is 9.97 Å². The van der Waals surface area contributed by atoms with Crippen LogP contribution in [0.3, 0.4) is 0 Å². The summed E-state index contributed by atoms with van der Waals surface area (Å²) >= 11 is 0. The van der Waals surface area contributed by atoms with Crippen molar-refractivity contribution >= 4 is 28.1 Å². The number of aromatic nitrogens is 2. The van der Waals surface area contributed by atoms with E-state index < -0.39 is 4.92 Å². The fraction of sp³-hybridized carbons (Fsp3) is 0.125. The van der Waals surface area contributed by atoms with Gasteiger partial charge >= 0.3 is 0 Å². The third kappa shape index (κ3) is 3.24. The molecule has 7 heteroatoms. The Morgan fingerprint density at radius 2 is 2.00 bits per heavy atom. The largest absolute Gasteiger partial charge is 0.380 e. The first kappa shape index (κ1) is 14.9. The second kappa shape index (κ2) is 6.37. The average Bonchev–Trinajstić information content (AvgIpc) is 2.56. The summed E-state index contributed by atoms with van der Waals surface area (Å²) in [7, 11) is 1.63. The van der Waals surface area contributed by atoms with Crippen molar-refractivity contribution in [3.8, 4) is 0 Å². The first-order valence-electron chi connectivity index (χ1n) is 6.91. The lowest BCUT2D eigenvalue weighted by molar-refractivity contribution is -0.384. The summed E-state index contributed by atoms with van der Waals surface area (Å²) in [4.78, 5) is 19.0. The highest BCUT2D eigenvalue weighted by molar-refractivity contribution is 5.89. The summed E-state index contributed by atoms with van der Waals surface area (Å²) < 4.78 is 5.09. The van der Waals surface area contributed by atoms with Gasteiger partial charge in [0, 0.05) is 37.3 Å². The number of fused-ring (bicyclic) bond motifs is 1. The molecule has 0 saturated carbocycles. The van der Waals surface area contributed by atoms with Gasteiger partial charge in [-0.05, 0) is 29.8 Å². The summed E-state index contributed by atoms with van der Waals surface area (Å²) in [5.41, 5.74) is 4.01. The predicted molar refractivity (Wildman–Crippen MR) is 86.6 cm³/mol. The van der Waals surface area contributed by atoms with Crippen LogP contribution < -0.4 is 5.32 Å². The maximum Gasteiger partial charge on any atom is 0.269 e. The standard InChI is InChI=1S/C16H14N4O3/c1-23-10-11-8-15-16(18-9-11)14(6-7-17-15)19-12-2-4-13(5-3-12)20(21)22/h2-9H,10H2,1H3,(H,17,19). The topological polar surface area (TPSA) is 90.2 Å². The fourth-order valence-electron chi connectivity index (χ4n) is 2.24. The molecule has 0 radical (unpaired) electrons. The van der Waals surface area contributed by atoms with E-state index in [1.807, 2.05) is 12.1 Å². The predicted octanol–water partition coefficient (Wildman–Crippen LogP) is 3.43. The van der Waals surface area contributed by atoms with Crippen LogP contribution in [0.1, 0.15) is 5.56 Å². The van der Waals surface area contributed by atoms with Gasteiger partial charge in [-0.3, -0.25) is 20.1 Å². The molecule has 1 aromatic carbocycles. The molecule has 3 aromatic rings. The van der Waals surface area contributed by atoms with E-state index in [2.05, 4.69) is 15.3 Å². The molecule has 0 fully saturated rings. The van der Waals surface area contributed by atoms with Gasteiger partial charge in [0.15, 0.2) is 0 Å². The van der Waals surface area contributed by atoms with Crippen LogP contribution in [0.5, 0.6) is 0 Å². The normalized spacial score (nSPS) is 10.7. The van der Waals surface area contributed by atoms with Crippen molar-refractivity contribution < 1.29 is 9.66 Å². The number of nitro groups is 1. The summed E-state index contributed by atoms with van der Waals surface area (Å²) in [5.74, 6) is 0. The van der Waals surface area contributed by atoms with Gasteiger partial charge in [0.1, 0.15) is 5.52 Å². The molecule has 23 heavy (non-hydrogen) atoms. The van der Waals surface area contributed by atoms with Gasteiger partial charge in [-0.2, -0.15) is 0 Å². The highest BCUT2D eigenvalue weighted by Gasteiger charge is 2.07. The molecule has 3 rings (SSSR count). The number of methoxy groups -OCH3 is 1. The Morgan fingerprint density at radius 1 is 1.22 bits per heavy atom. The molecule has 0 spiro atoms. The molecule has 0 bridgehead atoms. The van der Waals surface area contributed by atoms with Crippen LogP contribution in [0.15, 0.2) is 48.8 Å². The molecule has 0 saturated heterocycles. The van der Waals surface area contributed by atoms with Gasteiger partial charge in [0.25, 0.3) is 5.69 Å². The van der Waals surface area contributed by atoms with Gasteiger partial charge in [0.05, 0.1) is 22.7 Å². The van der Waals surface area contributed by atoms with E-state index in [0.717, 1.165) is 28.0 Å². The zero-order chi connectivity index (χ0) is 16.2. The lowest BCUT2D eigenvalue weighted by atomic mass is 10.2. The Balaban J connectivity index is 1.91. The SMILES string of the molecule is COCc1cnc2c(Nc3ccc([N+](=O)[O-])cc3)ccnc2c1. The van der Waals surface area contributed by atoms with Crippen molar-refractivity contribution in [2.45, 2.75) is 6.61 Å². The van der Waals surface area contributed by atoms with Gasteiger partial charge in [0.2, 0.25) is 0 Å². The number of rotatable bonds is 5. The maximum atomic E-state index is 10.7. The number of hydrogen-bond acceptors (Lipinski definition) is 6. The van der Waals surface area contributed by atoms with Crippen molar-refractivity contribution in [2.24, 2.45) is 0 Å². The van der Waals surface area contributed by atoms with Crippen LogP contribution in [0, 0.1) is 10.1 Å². The van der Waals surface area contributed by atoms with Crippen LogP contribution in [-0.4, -0.2) is 22.0 Å². The average molecular weight is 310 g/mol. The molecule has 0 amide bonds. The summed E-state index contributed by atoms with van der Waals surface area (Å²) in [6, 6.07) is 9.96. The molecular weight excluding hydrogens is 296 g/mol. The highest BCUT2D eigenvalue weighted by atomic mass is 16.6. The van der Waals surface area contributed by atoms with Crippen LogP contribution in [-0.2, 0) is 11.3 Å². The van der Waals surface area contributed by atoms with Crippen molar-refractivity contribution in [3.05, 3.63) is 64.5 Å². The van der Waals surface area contributed by atoms with E-state index in [1.54, 1.807) is 31.6 Å². The number of anilines is 2. The van der Waals surface area contributed by atoms with Crippen LogP contribution in [0.2, 0.25) is 0 Å². The number of nitrogens with zero attached hydrogens (tertiary/aromatic N) is 3. The number of benzene rings is 1. The molecule has 2 aromatic heterocycles. The van der Waals surface area contributed by atoms with Crippen molar-refractivity contribution in [1.29, 1.82) is 0 Å². The number of ether oxygens (including phenoxy) is 1. The Bertz CT molecular complexity index is 850. The summed E-state index contributed by atoms with van der Waals surface area (Å²) in [6.45, 7) is 0.477. The minimum Gasteiger partial charge on any atom is -0.380 e. The summed E-state index contributed by atoms with van der Waals surface area (Å²) in [5, 5.41) is 13.9. The second-order valence-corrected chi connectivity index (χ2v) is 4.93. The van der Waals surface area contributed by atoms with E-state index >= 15 is 0 Å². The van der Waals surface area contributed by atoms with Crippen LogP contribution >= 0.6 is 0 Å². The molecule has 1 N–H and O–H groups in total. The number of non-ortho nitro benzene ring substituents is 1. The minimum atomic E-state index is -0.426. The quantitative estimate of drug-likeness (QED) is 0.573. The van der Waals surface area contributed by atoms with E-state index in [4.69, 9.17) is 4.74 Å². The van der Waals surface area contributed by atoms with Gasteiger partial charge in [-0.1, -0.05) is 0 Å². The third-order valence-electron chi connectivity index (χ3n) is 3.30. The van der Waals surface area contributed by atoms with E-state index in [-0.39, 0.29) is 5.69 Å². The molecule has 0 aliphatic carbocycles. The number of nitro benzene ring substituents is 1. The highest BCUT2D eigenvalue weighted by Crippen LogP contribution is 2.25. The van der Waals surface area contributed by atoms with Crippen molar-refractivity contribution in [3.63, 3.8) is 0 Å². The zero-order valence-electron chi connectivity index (χ0n) is 12.4. The smallest absolute Gasteiger partial charge is 0.269 e. The van der Waals surface area contributed by atoms with Crippen molar-refractivity contribution in [2.75, 3.05) is 12.4 Å². The zero-order valence-corrected chi connectivity index (χ0v) is 12.4. The van der Waals surface area contributed by atoms with E-state index in [1.165, 1.54) is 12.1 Å². The number of hydrogen-bond donors (Lipinski definition) is 1. The van der Waals surface area contributed by atoms with Crippen LogP contribution in [0.25, 0.3) is 11.0 Å². The first-order valence-corrected chi connectivity index (χ1v) is 6.91. The Hall–Kier alpha value is -3.06.